The van der Waals surface area contributed by atoms with Crippen molar-refractivity contribution in [2.75, 3.05) is 11.9 Å². The van der Waals surface area contributed by atoms with E-state index in [9.17, 15) is 9.59 Å². The molecule has 0 saturated heterocycles. The van der Waals surface area contributed by atoms with Crippen LogP contribution >= 0.6 is 11.6 Å². The summed E-state index contributed by atoms with van der Waals surface area (Å²) in [5.41, 5.74) is 2.39. The molecule has 0 bridgehead atoms. The first-order valence-corrected chi connectivity index (χ1v) is 8.74. The molecule has 27 heavy (non-hydrogen) atoms. The van der Waals surface area contributed by atoms with Crippen molar-refractivity contribution in [3.8, 4) is 11.3 Å². The van der Waals surface area contributed by atoms with Gasteiger partial charge in [0, 0.05) is 24.5 Å². The maximum absolute atomic E-state index is 12.8. The van der Waals surface area contributed by atoms with Gasteiger partial charge in [0.15, 0.2) is 0 Å². The molecule has 7 heteroatoms. The first-order chi connectivity index (χ1) is 13.0. The maximum Gasteiger partial charge on any atom is 0.338 e. The van der Waals surface area contributed by atoms with Crippen LogP contribution in [-0.4, -0.2) is 28.3 Å². The minimum Gasteiger partial charge on any atom is -0.462 e. The highest BCUT2D eigenvalue weighted by atomic mass is 35.5. The highest BCUT2D eigenvalue weighted by Gasteiger charge is 2.19. The van der Waals surface area contributed by atoms with Gasteiger partial charge in [0.1, 0.15) is 5.69 Å². The van der Waals surface area contributed by atoms with Crippen molar-refractivity contribution in [3.05, 3.63) is 70.9 Å². The van der Waals surface area contributed by atoms with Crippen LogP contribution < -0.4 is 5.32 Å². The Kier molecular flexibility index (Phi) is 5.57. The molecule has 0 aliphatic rings. The van der Waals surface area contributed by atoms with Gasteiger partial charge >= 0.3 is 5.97 Å². The van der Waals surface area contributed by atoms with Crippen LogP contribution in [0.25, 0.3) is 11.3 Å². The highest BCUT2D eigenvalue weighted by Crippen LogP contribution is 2.29. The minimum atomic E-state index is -0.438. The molecule has 1 amide bonds. The molecule has 0 atom stereocenters. The average molecular weight is 384 g/mol. The Balaban J connectivity index is 1.89. The number of rotatable bonds is 5. The number of aryl methyl sites for hydroxylation is 1. The molecule has 3 rings (SSSR count). The molecule has 0 unspecified atom stereocenters. The van der Waals surface area contributed by atoms with Crippen molar-refractivity contribution in [1.82, 2.24) is 9.78 Å². The second-order valence-electron chi connectivity index (χ2n) is 5.80. The molecule has 1 heterocycles. The zero-order valence-electron chi connectivity index (χ0n) is 14.9. The van der Waals surface area contributed by atoms with E-state index in [2.05, 4.69) is 10.4 Å². The van der Waals surface area contributed by atoms with Gasteiger partial charge in [-0.1, -0.05) is 35.9 Å². The van der Waals surface area contributed by atoms with Crippen LogP contribution in [0.2, 0.25) is 5.02 Å². The van der Waals surface area contributed by atoms with E-state index in [0.717, 1.165) is 0 Å². The molecule has 2 aromatic carbocycles. The van der Waals surface area contributed by atoms with E-state index in [4.69, 9.17) is 16.3 Å². The number of anilines is 1. The lowest BCUT2D eigenvalue weighted by Gasteiger charge is -2.08. The fourth-order valence-corrected chi connectivity index (χ4v) is 2.87. The summed E-state index contributed by atoms with van der Waals surface area (Å²) in [7, 11) is 1.73. The smallest absolute Gasteiger partial charge is 0.338 e. The van der Waals surface area contributed by atoms with Crippen LogP contribution in [0, 0.1) is 0 Å². The van der Waals surface area contributed by atoms with Gasteiger partial charge in [0.2, 0.25) is 0 Å². The molecule has 0 spiro atoms. The molecular weight excluding hydrogens is 366 g/mol. The fraction of sp³-hybridized carbons (Fsp3) is 0.150. The van der Waals surface area contributed by atoms with E-state index in [1.165, 1.54) is 0 Å². The molecule has 138 valence electrons. The lowest BCUT2D eigenvalue weighted by Crippen LogP contribution is -2.13. The van der Waals surface area contributed by atoms with Gasteiger partial charge in [-0.25, -0.2) is 4.79 Å². The Hall–Kier alpha value is -3.12. The van der Waals surface area contributed by atoms with Gasteiger partial charge in [0.05, 0.1) is 22.8 Å². The standard InChI is InChI=1S/C20H18ClN3O3/c1-3-27-20(26)13-7-6-8-14(11-13)22-19(25)16-12-24(2)23-18(16)15-9-4-5-10-17(15)21/h4-12H,3H2,1-2H3,(H,22,25). The molecule has 0 aliphatic carbocycles. The Bertz CT molecular complexity index is 998. The zero-order valence-corrected chi connectivity index (χ0v) is 15.7. The van der Waals surface area contributed by atoms with E-state index in [0.29, 0.717) is 33.1 Å². The Morgan fingerprint density at radius 1 is 1.19 bits per heavy atom. The van der Waals surface area contributed by atoms with Crippen LogP contribution in [0.15, 0.2) is 54.7 Å². The van der Waals surface area contributed by atoms with Crippen molar-refractivity contribution < 1.29 is 14.3 Å². The van der Waals surface area contributed by atoms with E-state index in [1.807, 2.05) is 18.2 Å². The summed E-state index contributed by atoms with van der Waals surface area (Å²) in [5.74, 6) is -0.786. The number of nitrogens with zero attached hydrogens (tertiary/aromatic N) is 2. The summed E-state index contributed by atoms with van der Waals surface area (Å²) in [6, 6.07) is 13.8. The minimum absolute atomic E-state index is 0.284. The maximum atomic E-state index is 12.8. The van der Waals surface area contributed by atoms with Gasteiger partial charge in [0.25, 0.3) is 5.91 Å². The van der Waals surface area contributed by atoms with Crippen LogP contribution in [-0.2, 0) is 11.8 Å². The van der Waals surface area contributed by atoms with E-state index in [-0.39, 0.29) is 12.5 Å². The molecule has 1 N–H and O–H groups in total. The molecule has 6 nitrogen and oxygen atoms in total. The number of benzene rings is 2. The number of hydrogen-bond acceptors (Lipinski definition) is 4. The largest absolute Gasteiger partial charge is 0.462 e. The normalized spacial score (nSPS) is 10.5. The predicted octanol–water partition coefficient (Wildman–Crippen LogP) is 4.17. The second-order valence-corrected chi connectivity index (χ2v) is 6.21. The SMILES string of the molecule is CCOC(=O)c1cccc(NC(=O)c2cn(C)nc2-c2ccccc2Cl)c1. The Morgan fingerprint density at radius 2 is 1.96 bits per heavy atom. The third-order valence-corrected chi connectivity index (χ3v) is 4.16. The number of nitrogens with one attached hydrogen (secondary N) is 1. The summed E-state index contributed by atoms with van der Waals surface area (Å²) in [6.07, 6.45) is 1.63. The molecule has 1 aromatic heterocycles. The van der Waals surface area contributed by atoms with Gasteiger partial charge < -0.3 is 10.1 Å². The summed E-state index contributed by atoms with van der Waals surface area (Å²) in [6.45, 7) is 2.02. The predicted molar refractivity (Wildman–Crippen MR) is 104 cm³/mol. The number of ether oxygens (including phenoxy) is 1. The van der Waals surface area contributed by atoms with Gasteiger partial charge in [-0.2, -0.15) is 5.10 Å². The van der Waals surface area contributed by atoms with E-state index >= 15 is 0 Å². The monoisotopic (exact) mass is 383 g/mol. The number of halogens is 1. The Morgan fingerprint density at radius 3 is 2.70 bits per heavy atom. The Labute approximate surface area is 161 Å². The highest BCUT2D eigenvalue weighted by molar-refractivity contribution is 6.33. The van der Waals surface area contributed by atoms with E-state index in [1.54, 1.807) is 55.2 Å². The van der Waals surface area contributed by atoms with Gasteiger partial charge in [-0.3, -0.25) is 9.48 Å². The third-order valence-electron chi connectivity index (χ3n) is 3.83. The summed E-state index contributed by atoms with van der Waals surface area (Å²) < 4.78 is 6.54. The molecule has 3 aromatic rings. The number of amides is 1. The number of carbonyl (C=O) groups excluding carboxylic acids is 2. The van der Waals surface area contributed by atoms with E-state index < -0.39 is 5.97 Å². The zero-order chi connectivity index (χ0) is 19.4. The van der Waals surface area contributed by atoms with Crippen molar-refractivity contribution in [2.24, 2.45) is 7.05 Å². The number of carbonyl (C=O) groups is 2. The molecule has 0 saturated carbocycles. The first-order valence-electron chi connectivity index (χ1n) is 8.36. The second kappa shape index (κ2) is 8.05. The molecular formula is C20H18ClN3O3. The lowest BCUT2D eigenvalue weighted by atomic mass is 10.1. The summed E-state index contributed by atoms with van der Waals surface area (Å²) >= 11 is 6.26. The van der Waals surface area contributed by atoms with Gasteiger partial charge in [-0.05, 0) is 31.2 Å². The van der Waals surface area contributed by atoms with Crippen LogP contribution in [0.4, 0.5) is 5.69 Å². The topological polar surface area (TPSA) is 73.2 Å². The summed E-state index contributed by atoms with van der Waals surface area (Å²) in [4.78, 5) is 24.7. The van der Waals surface area contributed by atoms with Crippen molar-refractivity contribution in [3.63, 3.8) is 0 Å². The average Bonchev–Trinajstić information content (AvgIpc) is 3.04. The van der Waals surface area contributed by atoms with Crippen LogP contribution in [0.3, 0.4) is 0 Å². The third kappa shape index (κ3) is 4.17. The van der Waals surface area contributed by atoms with Crippen LogP contribution in [0.5, 0.6) is 0 Å². The first kappa shape index (κ1) is 18.7. The number of hydrogen-bond donors (Lipinski definition) is 1. The van der Waals surface area contributed by atoms with Crippen molar-refractivity contribution in [1.29, 1.82) is 0 Å². The van der Waals surface area contributed by atoms with Gasteiger partial charge in [-0.15, -0.1) is 0 Å². The molecule has 0 aliphatic heterocycles. The quantitative estimate of drug-likeness (QED) is 0.671. The van der Waals surface area contributed by atoms with Crippen molar-refractivity contribution >= 4 is 29.2 Å². The molecule has 0 radical (unpaired) electrons. The lowest BCUT2D eigenvalue weighted by molar-refractivity contribution is 0.0526. The van der Waals surface area contributed by atoms with Crippen LogP contribution in [0.1, 0.15) is 27.6 Å². The molecule has 0 fully saturated rings. The summed E-state index contributed by atoms with van der Waals surface area (Å²) in [5, 5.41) is 7.68. The number of esters is 1. The van der Waals surface area contributed by atoms with Crippen molar-refractivity contribution in [2.45, 2.75) is 6.92 Å². The number of aromatic nitrogens is 2. The fourth-order valence-electron chi connectivity index (χ4n) is 2.64.